The summed E-state index contributed by atoms with van der Waals surface area (Å²) in [4.78, 5) is 29.7. The maximum Gasteiger partial charge on any atom is 0.283 e. The number of hydrogen-bond donors (Lipinski definition) is 1. The van der Waals surface area contributed by atoms with Crippen molar-refractivity contribution in [3.05, 3.63) is 88.0 Å². The highest BCUT2D eigenvalue weighted by atomic mass is 32.2. The molecule has 4 rings (SSSR count). The molecule has 6 nitrogen and oxygen atoms in total. The van der Waals surface area contributed by atoms with E-state index in [1.807, 2.05) is 63.2 Å². The van der Waals surface area contributed by atoms with Crippen LogP contribution in [0, 0.1) is 20.8 Å². The third-order valence-corrected chi connectivity index (χ3v) is 6.65. The quantitative estimate of drug-likeness (QED) is 0.449. The standard InChI is InChI=1S/C27H26N2O4S/c1-16-7-11-20(12-8-16)34-25-24(28-21-13-10-19(32-4)15-23(21)33-5)26(30)29(27(25)31)22-14-17(2)6-9-18(22)3/h6-15,28H,1-5H3. The van der Waals surface area contributed by atoms with Gasteiger partial charge < -0.3 is 14.8 Å². The number of amides is 2. The molecule has 3 aromatic rings. The molecule has 2 amide bonds. The topological polar surface area (TPSA) is 67.9 Å². The average molecular weight is 475 g/mol. The van der Waals surface area contributed by atoms with Crippen LogP contribution in [0.1, 0.15) is 16.7 Å². The number of carbonyl (C=O) groups excluding carboxylic acids is 2. The number of benzene rings is 3. The second-order valence-electron chi connectivity index (χ2n) is 8.05. The molecule has 174 valence electrons. The van der Waals surface area contributed by atoms with Crippen LogP contribution in [0.4, 0.5) is 11.4 Å². The van der Waals surface area contributed by atoms with Crippen molar-refractivity contribution in [3.8, 4) is 11.5 Å². The molecule has 0 saturated heterocycles. The molecule has 0 bridgehead atoms. The molecule has 1 aliphatic heterocycles. The fourth-order valence-electron chi connectivity index (χ4n) is 3.65. The van der Waals surface area contributed by atoms with Gasteiger partial charge in [-0.25, -0.2) is 4.90 Å². The Morgan fingerprint density at radius 1 is 0.794 bits per heavy atom. The maximum atomic E-state index is 13.7. The Balaban J connectivity index is 1.79. The minimum absolute atomic E-state index is 0.208. The van der Waals surface area contributed by atoms with E-state index in [0.717, 1.165) is 21.6 Å². The van der Waals surface area contributed by atoms with Crippen molar-refractivity contribution in [2.45, 2.75) is 25.7 Å². The first-order valence-corrected chi connectivity index (χ1v) is 11.6. The van der Waals surface area contributed by atoms with Crippen LogP contribution in [0.3, 0.4) is 0 Å². The average Bonchev–Trinajstić information content (AvgIpc) is 3.06. The van der Waals surface area contributed by atoms with Crippen LogP contribution in [-0.4, -0.2) is 26.0 Å². The number of nitrogens with one attached hydrogen (secondary N) is 1. The van der Waals surface area contributed by atoms with Crippen molar-refractivity contribution < 1.29 is 19.1 Å². The van der Waals surface area contributed by atoms with Crippen molar-refractivity contribution in [3.63, 3.8) is 0 Å². The van der Waals surface area contributed by atoms with Gasteiger partial charge in [0.25, 0.3) is 11.8 Å². The van der Waals surface area contributed by atoms with Crippen LogP contribution in [0.5, 0.6) is 11.5 Å². The van der Waals surface area contributed by atoms with E-state index >= 15 is 0 Å². The van der Waals surface area contributed by atoms with E-state index in [0.29, 0.717) is 27.8 Å². The summed E-state index contributed by atoms with van der Waals surface area (Å²) in [5, 5.41) is 3.17. The predicted molar refractivity (Wildman–Crippen MR) is 136 cm³/mol. The summed E-state index contributed by atoms with van der Waals surface area (Å²) in [6, 6.07) is 18.8. The van der Waals surface area contributed by atoms with Crippen LogP contribution in [0.15, 0.2) is 76.2 Å². The molecule has 0 aliphatic carbocycles. The third-order valence-electron chi connectivity index (χ3n) is 5.56. The molecular weight excluding hydrogens is 448 g/mol. The Hall–Kier alpha value is -3.71. The number of aryl methyl sites for hydroxylation is 3. The number of methoxy groups -OCH3 is 2. The number of ether oxygens (including phenoxy) is 2. The summed E-state index contributed by atoms with van der Waals surface area (Å²) in [5.41, 5.74) is 4.27. The summed E-state index contributed by atoms with van der Waals surface area (Å²) >= 11 is 1.27. The molecule has 1 N–H and O–H groups in total. The Bertz CT molecular complexity index is 1300. The number of nitrogens with zero attached hydrogens (tertiary/aromatic N) is 1. The Labute approximate surface area is 203 Å². The van der Waals surface area contributed by atoms with Crippen molar-refractivity contribution in [1.29, 1.82) is 0 Å². The van der Waals surface area contributed by atoms with Crippen LogP contribution < -0.4 is 19.7 Å². The van der Waals surface area contributed by atoms with E-state index in [4.69, 9.17) is 9.47 Å². The van der Waals surface area contributed by atoms with Crippen molar-refractivity contribution in [1.82, 2.24) is 0 Å². The van der Waals surface area contributed by atoms with Crippen molar-refractivity contribution in [2.75, 3.05) is 24.4 Å². The number of rotatable bonds is 7. The second-order valence-corrected chi connectivity index (χ2v) is 9.13. The van der Waals surface area contributed by atoms with E-state index in [2.05, 4.69) is 5.32 Å². The van der Waals surface area contributed by atoms with Crippen molar-refractivity contribution >= 4 is 35.0 Å². The van der Waals surface area contributed by atoms with Gasteiger partial charge in [0, 0.05) is 11.0 Å². The van der Waals surface area contributed by atoms with Gasteiger partial charge in [0.2, 0.25) is 0 Å². The van der Waals surface area contributed by atoms with Gasteiger partial charge in [-0.15, -0.1) is 0 Å². The molecule has 0 fully saturated rings. The maximum absolute atomic E-state index is 13.7. The lowest BCUT2D eigenvalue weighted by Crippen LogP contribution is -2.33. The minimum Gasteiger partial charge on any atom is -0.497 e. The van der Waals surface area contributed by atoms with Gasteiger partial charge in [-0.05, 0) is 62.2 Å². The van der Waals surface area contributed by atoms with Gasteiger partial charge in [0.1, 0.15) is 22.1 Å². The van der Waals surface area contributed by atoms with Crippen LogP contribution in [-0.2, 0) is 9.59 Å². The minimum atomic E-state index is -0.411. The van der Waals surface area contributed by atoms with Gasteiger partial charge in [-0.3, -0.25) is 9.59 Å². The molecule has 1 heterocycles. The van der Waals surface area contributed by atoms with Gasteiger partial charge >= 0.3 is 0 Å². The smallest absolute Gasteiger partial charge is 0.283 e. The zero-order valence-electron chi connectivity index (χ0n) is 19.8. The number of anilines is 2. The highest BCUT2D eigenvalue weighted by molar-refractivity contribution is 8.04. The zero-order valence-corrected chi connectivity index (χ0v) is 20.6. The Morgan fingerprint density at radius 3 is 2.18 bits per heavy atom. The highest BCUT2D eigenvalue weighted by Crippen LogP contribution is 2.40. The van der Waals surface area contributed by atoms with E-state index in [1.165, 1.54) is 16.7 Å². The number of imide groups is 1. The summed E-state index contributed by atoms with van der Waals surface area (Å²) in [7, 11) is 3.11. The lowest BCUT2D eigenvalue weighted by Gasteiger charge is -2.18. The third kappa shape index (κ3) is 4.52. The molecule has 0 atom stereocenters. The molecule has 34 heavy (non-hydrogen) atoms. The van der Waals surface area contributed by atoms with E-state index in [-0.39, 0.29) is 11.6 Å². The SMILES string of the molecule is COc1ccc(NC2=C(Sc3ccc(C)cc3)C(=O)N(c3cc(C)ccc3C)C2=O)c(OC)c1. The molecule has 1 aliphatic rings. The first-order valence-electron chi connectivity index (χ1n) is 10.8. The molecular formula is C27H26N2O4S. The van der Waals surface area contributed by atoms with Gasteiger partial charge in [0.05, 0.1) is 25.6 Å². The fourth-order valence-corrected chi connectivity index (χ4v) is 4.58. The number of hydrogen-bond acceptors (Lipinski definition) is 6. The molecule has 3 aromatic carbocycles. The first kappa shape index (κ1) is 23.4. The molecule has 0 unspecified atom stereocenters. The lowest BCUT2D eigenvalue weighted by molar-refractivity contribution is -0.120. The predicted octanol–water partition coefficient (Wildman–Crippen LogP) is 5.62. The summed E-state index contributed by atoms with van der Waals surface area (Å²) in [5.74, 6) is 0.346. The van der Waals surface area contributed by atoms with E-state index < -0.39 is 5.91 Å². The normalized spacial score (nSPS) is 13.5. The lowest BCUT2D eigenvalue weighted by atomic mass is 10.1. The van der Waals surface area contributed by atoms with Crippen LogP contribution >= 0.6 is 11.8 Å². The zero-order chi connectivity index (χ0) is 24.4. The monoisotopic (exact) mass is 474 g/mol. The second kappa shape index (κ2) is 9.65. The molecule has 0 spiro atoms. The Morgan fingerprint density at radius 2 is 1.50 bits per heavy atom. The molecule has 0 aromatic heterocycles. The Kier molecular flexibility index (Phi) is 6.65. The number of carbonyl (C=O) groups is 2. The van der Waals surface area contributed by atoms with E-state index in [9.17, 15) is 9.59 Å². The largest absolute Gasteiger partial charge is 0.497 e. The van der Waals surface area contributed by atoms with Gasteiger partial charge in [-0.1, -0.05) is 41.6 Å². The first-order chi connectivity index (χ1) is 16.3. The molecule has 7 heteroatoms. The fraction of sp³-hybridized carbons (Fsp3) is 0.185. The van der Waals surface area contributed by atoms with Gasteiger partial charge in [0.15, 0.2) is 0 Å². The summed E-state index contributed by atoms with van der Waals surface area (Å²) in [6.45, 7) is 5.83. The summed E-state index contributed by atoms with van der Waals surface area (Å²) in [6.07, 6.45) is 0. The molecule has 0 radical (unpaired) electrons. The summed E-state index contributed by atoms with van der Waals surface area (Å²) < 4.78 is 10.8. The van der Waals surface area contributed by atoms with Gasteiger partial charge in [-0.2, -0.15) is 0 Å². The number of thioether (sulfide) groups is 1. The molecule has 0 saturated carbocycles. The van der Waals surface area contributed by atoms with E-state index in [1.54, 1.807) is 32.4 Å². The highest BCUT2D eigenvalue weighted by Gasteiger charge is 2.41. The van der Waals surface area contributed by atoms with Crippen molar-refractivity contribution in [2.24, 2.45) is 0 Å². The van der Waals surface area contributed by atoms with Crippen LogP contribution in [0.25, 0.3) is 0 Å². The van der Waals surface area contributed by atoms with Crippen LogP contribution in [0.2, 0.25) is 0 Å².